The Morgan fingerprint density at radius 1 is 1.28 bits per heavy atom. The van der Waals surface area contributed by atoms with Crippen LogP contribution in [0.25, 0.3) is 0 Å². The van der Waals surface area contributed by atoms with Crippen LogP contribution in [-0.4, -0.2) is 0 Å². The molecule has 0 unspecified atom stereocenters. The maximum Gasteiger partial charge on any atom is 0.150 e. The van der Waals surface area contributed by atoms with Crippen LogP contribution in [0.3, 0.4) is 0 Å². The number of halogens is 3. The average Bonchev–Trinajstić information content (AvgIpc) is 2.36. The first-order chi connectivity index (χ1) is 8.61. The fraction of sp³-hybridized carbons (Fsp3) is 0.143. The summed E-state index contributed by atoms with van der Waals surface area (Å²) >= 11 is 9.46. The van der Waals surface area contributed by atoms with E-state index in [1.165, 1.54) is 6.07 Å². The molecular weight excluding hydrogens is 319 g/mol. The fourth-order valence-corrected chi connectivity index (χ4v) is 2.20. The van der Waals surface area contributed by atoms with Gasteiger partial charge in [-0.3, -0.25) is 0 Å². The maximum absolute atomic E-state index is 13.4. The zero-order valence-corrected chi connectivity index (χ0v) is 12.1. The second-order valence-electron chi connectivity index (χ2n) is 3.87. The summed E-state index contributed by atoms with van der Waals surface area (Å²) in [5.41, 5.74) is 1.51. The summed E-state index contributed by atoms with van der Waals surface area (Å²) in [4.78, 5) is 0. The molecule has 0 bridgehead atoms. The van der Waals surface area contributed by atoms with Gasteiger partial charge in [-0.1, -0.05) is 45.7 Å². The molecule has 94 valence electrons. The van der Waals surface area contributed by atoms with Crippen molar-refractivity contribution in [3.8, 4) is 11.5 Å². The third-order valence-corrected chi connectivity index (χ3v) is 3.46. The molecule has 2 rings (SSSR count). The Hall–Kier alpha value is -1.06. The number of hydrogen-bond acceptors (Lipinski definition) is 1. The van der Waals surface area contributed by atoms with E-state index in [2.05, 4.69) is 15.9 Å². The smallest absolute Gasteiger partial charge is 0.150 e. The molecule has 0 aliphatic rings. The van der Waals surface area contributed by atoms with Crippen molar-refractivity contribution in [2.45, 2.75) is 12.3 Å². The zero-order chi connectivity index (χ0) is 13.1. The van der Waals surface area contributed by atoms with Crippen LogP contribution in [0, 0.1) is 12.7 Å². The minimum Gasteiger partial charge on any atom is -0.455 e. The largest absolute Gasteiger partial charge is 0.455 e. The first-order valence-electron chi connectivity index (χ1n) is 5.39. The monoisotopic (exact) mass is 328 g/mol. The lowest BCUT2D eigenvalue weighted by molar-refractivity contribution is 0.472. The molecule has 0 amide bonds. The van der Waals surface area contributed by atoms with Gasteiger partial charge in [-0.05, 0) is 24.6 Å². The third kappa shape index (κ3) is 2.85. The summed E-state index contributed by atoms with van der Waals surface area (Å²) in [5.74, 6) is 0.702. The average molecular weight is 330 g/mol. The summed E-state index contributed by atoms with van der Waals surface area (Å²) in [6.07, 6.45) is 0. The van der Waals surface area contributed by atoms with E-state index in [1.54, 1.807) is 25.1 Å². The molecule has 0 aliphatic heterocycles. The SMILES string of the molecule is Cc1ccc(Oc2c(Cl)cccc2CBr)cc1F. The van der Waals surface area contributed by atoms with E-state index in [4.69, 9.17) is 16.3 Å². The van der Waals surface area contributed by atoms with Crippen molar-refractivity contribution in [3.05, 3.63) is 58.4 Å². The molecule has 18 heavy (non-hydrogen) atoms. The van der Waals surface area contributed by atoms with Gasteiger partial charge >= 0.3 is 0 Å². The van der Waals surface area contributed by atoms with Gasteiger partial charge in [-0.25, -0.2) is 4.39 Å². The lowest BCUT2D eigenvalue weighted by Crippen LogP contribution is -1.92. The van der Waals surface area contributed by atoms with E-state index < -0.39 is 0 Å². The number of para-hydroxylation sites is 1. The third-order valence-electron chi connectivity index (χ3n) is 2.56. The van der Waals surface area contributed by atoms with E-state index >= 15 is 0 Å². The molecule has 0 aromatic heterocycles. The van der Waals surface area contributed by atoms with Crippen molar-refractivity contribution in [3.63, 3.8) is 0 Å². The van der Waals surface area contributed by atoms with Gasteiger partial charge in [-0.2, -0.15) is 0 Å². The fourth-order valence-electron chi connectivity index (χ4n) is 1.53. The Labute approximate surface area is 119 Å². The molecule has 0 atom stereocenters. The molecule has 0 radical (unpaired) electrons. The van der Waals surface area contributed by atoms with E-state index in [0.29, 0.717) is 27.4 Å². The Kier molecular flexibility index (Phi) is 4.25. The lowest BCUT2D eigenvalue weighted by atomic mass is 10.2. The van der Waals surface area contributed by atoms with Gasteiger partial charge in [0.1, 0.15) is 17.3 Å². The van der Waals surface area contributed by atoms with Crippen LogP contribution in [0.4, 0.5) is 4.39 Å². The second kappa shape index (κ2) is 5.72. The van der Waals surface area contributed by atoms with Crippen LogP contribution in [-0.2, 0) is 5.33 Å². The number of aryl methyl sites for hydroxylation is 1. The number of ether oxygens (including phenoxy) is 1. The highest BCUT2D eigenvalue weighted by atomic mass is 79.9. The Morgan fingerprint density at radius 3 is 2.72 bits per heavy atom. The maximum atomic E-state index is 13.4. The summed E-state index contributed by atoms with van der Waals surface area (Å²) < 4.78 is 19.1. The minimum atomic E-state index is -0.292. The summed E-state index contributed by atoms with van der Waals surface area (Å²) in [6, 6.07) is 10.3. The lowest BCUT2D eigenvalue weighted by Gasteiger charge is -2.11. The van der Waals surface area contributed by atoms with Crippen LogP contribution in [0.1, 0.15) is 11.1 Å². The predicted molar refractivity (Wildman–Crippen MR) is 75.3 cm³/mol. The van der Waals surface area contributed by atoms with Crippen molar-refractivity contribution < 1.29 is 9.13 Å². The molecule has 0 saturated heterocycles. The number of hydrogen-bond donors (Lipinski definition) is 0. The van der Waals surface area contributed by atoms with E-state index in [-0.39, 0.29) is 5.82 Å². The van der Waals surface area contributed by atoms with Crippen LogP contribution in [0.2, 0.25) is 5.02 Å². The first-order valence-corrected chi connectivity index (χ1v) is 6.89. The van der Waals surface area contributed by atoms with Crippen LogP contribution >= 0.6 is 27.5 Å². The van der Waals surface area contributed by atoms with Gasteiger partial charge in [-0.15, -0.1) is 0 Å². The molecule has 0 spiro atoms. The van der Waals surface area contributed by atoms with Gasteiger partial charge in [0.2, 0.25) is 0 Å². The van der Waals surface area contributed by atoms with Crippen LogP contribution in [0.5, 0.6) is 11.5 Å². The number of alkyl halides is 1. The van der Waals surface area contributed by atoms with Gasteiger partial charge in [0.15, 0.2) is 0 Å². The van der Waals surface area contributed by atoms with Gasteiger partial charge in [0.05, 0.1) is 5.02 Å². The topological polar surface area (TPSA) is 9.23 Å². The van der Waals surface area contributed by atoms with Crippen molar-refractivity contribution in [2.75, 3.05) is 0 Å². The second-order valence-corrected chi connectivity index (χ2v) is 4.84. The quantitative estimate of drug-likeness (QED) is 0.678. The van der Waals surface area contributed by atoms with Crippen molar-refractivity contribution in [1.82, 2.24) is 0 Å². The standard InChI is InChI=1S/C14H11BrClFO/c1-9-5-6-11(7-13(9)17)18-14-10(8-15)3-2-4-12(14)16/h2-7H,8H2,1H3. The van der Waals surface area contributed by atoms with E-state index in [9.17, 15) is 4.39 Å². The molecule has 1 nitrogen and oxygen atoms in total. The van der Waals surface area contributed by atoms with E-state index in [0.717, 1.165) is 5.56 Å². The number of benzene rings is 2. The van der Waals surface area contributed by atoms with Crippen LogP contribution < -0.4 is 4.74 Å². The number of rotatable bonds is 3. The molecule has 2 aromatic rings. The molecule has 0 saturated carbocycles. The molecule has 0 fully saturated rings. The highest BCUT2D eigenvalue weighted by Crippen LogP contribution is 2.34. The Bertz CT molecular complexity index is 572. The van der Waals surface area contributed by atoms with E-state index in [1.807, 2.05) is 12.1 Å². The first kappa shape index (κ1) is 13.4. The molecule has 2 aromatic carbocycles. The molecule has 0 aliphatic carbocycles. The molecular formula is C14H11BrClFO. The summed E-state index contributed by atoms with van der Waals surface area (Å²) in [6.45, 7) is 1.71. The molecule has 0 N–H and O–H groups in total. The van der Waals surface area contributed by atoms with Crippen LogP contribution in [0.15, 0.2) is 36.4 Å². The van der Waals surface area contributed by atoms with Crippen molar-refractivity contribution in [2.24, 2.45) is 0 Å². The zero-order valence-electron chi connectivity index (χ0n) is 9.71. The van der Waals surface area contributed by atoms with Crippen molar-refractivity contribution >= 4 is 27.5 Å². The Morgan fingerprint density at radius 2 is 2.06 bits per heavy atom. The normalized spacial score (nSPS) is 10.4. The predicted octanol–water partition coefficient (Wildman–Crippen LogP) is 5.47. The van der Waals surface area contributed by atoms with Crippen molar-refractivity contribution in [1.29, 1.82) is 0 Å². The minimum absolute atomic E-state index is 0.292. The Balaban J connectivity index is 2.36. The highest BCUT2D eigenvalue weighted by Gasteiger charge is 2.09. The van der Waals surface area contributed by atoms with Gasteiger partial charge < -0.3 is 4.74 Å². The highest BCUT2D eigenvalue weighted by molar-refractivity contribution is 9.08. The summed E-state index contributed by atoms with van der Waals surface area (Å²) in [7, 11) is 0. The molecule has 0 heterocycles. The van der Waals surface area contributed by atoms with Gasteiger partial charge in [0, 0.05) is 17.0 Å². The van der Waals surface area contributed by atoms with Gasteiger partial charge in [0.25, 0.3) is 0 Å². The molecule has 4 heteroatoms. The summed E-state index contributed by atoms with van der Waals surface area (Å²) in [5, 5.41) is 1.13.